The molecule has 2 aromatic rings. The lowest BCUT2D eigenvalue weighted by atomic mass is 10.1. The third-order valence-electron chi connectivity index (χ3n) is 4.35. The van der Waals surface area contributed by atoms with E-state index in [2.05, 4.69) is 6.07 Å². The Kier molecular flexibility index (Phi) is 6.95. The van der Waals surface area contributed by atoms with E-state index in [1.165, 1.54) is 17.6 Å². The third kappa shape index (κ3) is 5.19. The monoisotopic (exact) mass is 413 g/mol. The van der Waals surface area contributed by atoms with E-state index >= 15 is 0 Å². The van der Waals surface area contributed by atoms with Gasteiger partial charge in [-0.1, -0.05) is 35.9 Å². The molecule has 1 saturated heterocycles. The predicted molar refractivity (Wildman–Crippen MR) is 113 cm³/mol. The van der Waals surface area contributed by atoms with Gasteiger partial charge < -0.3 is 14.2 Å². The minimum Gasteiger partial charge on any atom is -0.493 e. The number of benzene rings is 2. The number of ether oxygens (including phenoxy) is 3. The molecule has 0 radical (unpaired) electrons. The van der Waals surface area contributed by atoms with Gasteiger partial charge in [0.2, 0.25) is 0 Å². The summed E-state index contributed by atoms with van der Waals surface area (Å²) in [5.74, 6) is 0.861. The molecule has 0 aliphatic carbocycles. The van der Waals surface area contributed by atoms with E-state index in [0.717, 1.165) is 22.9 Å². The highest BCUT2D eigenvalue weighted by Gasteiger charge is 2.34. The Labute approximate surface area is 174 Å². The Bertz CT molecular complexity index is 941. The van der Waals surface area contributed by atoms with Gasteiger partial charge in [-0.15, -0.1) is 0 Å². The molecule has 0 saturated carbocycles. The first kappa shape index (κ1) is 21.0. The van der Waals surface area contributed by atoms with Gasteiger partial charge in [0.15, 0.2) is 11.5 Å². The minimum absolute atomic E-state index is 0.244. The number of imide groups is 1. The standard InChI is InChI=1S/C22H23NO5S/c1-15-5-4-6-17(11-15)14-28-18-8-7-16(12-19(18)27-3)13-20-21(24)23(9-10-26-2)22(25)29-20/h4-8,11-13H,9-10,14H2,1-3H3/b20-13+. The Morgan fingerprint density at radius 2 is 1.90 bits per heavy atom. The molecule has 0 N–H and O–H groups in total. The number of hydrogen-bond acceptors (Lipinski definition) is 6. The number of amides is 2. The van der Waals surface area contributed by atoms with Crippen molar-refractivity contribution < 1.29 is 23.8 Å². The van der Waals surface area contributed by atoms with Crippen LogP contribution in [0, 0.1) is 6.92 Å². The summed E-state index contributed by atoms with van der Waals surface area (Å²) in [5, 5.41) is -0.289. The second-order valence-electron chi connectivity index (χ2n) is 6.51. The highest BCUT2D eigenvalue weighted by Crippen LogP contribution is 2.34. The van der Waals surface area contributed by atoms with Crippen molar-refractivity contribution in [3.63, 3.8) is 0 Å². The van der Waals surface area contributed by atoms with Gasteiger partial charge in [-0.3, -0.25) is 14.5 Å². The fourth-order valence-electron chi connectivity index (χ4n) is 2.88. The van der Waals surface area contributed by atoms with Crippen LogP contribution in [0.2, 0.25) is 0 Å². The first-order chi connectivity index (χ1) is 14.0. The van der Waals surface area contributed by atoms with Gasteiger partial charge in [-0.25, -0.2) is 0 Å². The molecule has 0 unspecified atom stereocenters. The van der Waals surface area contributed by atoms with Gasteiger partial charge in [0.05, 0.1) is 25.2 Å². The van der Waals surface area contributed by atoms with E-state index in [1.54, 1.807) is 25.3 Å². The quantitative estimate of drug-likeness (QED) is 0.603. The van der Waals surface area contributed by atoms with Crippen molar-refractivity contribution in [1.29, 1.82) is 0 Å². The number of hydrogen-bond donors (Lipinski definition) is 0. The summed E-state index contributed by atoms with van der Waals surface area (Å²) in [5.41, 5.74) is 3.00. The zero-order chi connectivity index (χ0) is 20.8. The zero-order valence-electron chi connectivity index (χ0n) is 16.6. The summed E-state index contributed by atoms with van der Waals surface area (Å²) in [7, 11) is 3.10. The Balaban J connectivity index is 1.74. The van der Waals surface area contributed by atoms with Crippen LogP contribution in [0.25, 0.3) is 6.08 Å². The highest BCUT2D eigenvalue weighted by molar-refractivity contribution is 8.18. The summed E-state index contributed by atoms with van der Waals surface area (Å²) in [6.07, 6.45) is 1.69. The molecule has 0 aromatic heterocycles. The fourth-order valence-corrected chi connectivity index (χ4v) is 3.75. The van der Waals surface area contributed by atoms with Gasteiger partial charge >= 0.3 is 0 Å². The molecule has 29 heavy (non-hydrogen) atoms. The molecular formula is C22H23NO5S. The maximum absolute atomic E-state index is 12.4. The van der Waals surface area contributed by atoms with Crippen LogP contribution in [0.5, 0.6) is 11.5 Å². The fraction of sp³-hybridized carbons (Fsp3) is 0.273. The Morgan fingerprint density at radius 1 is 1.07 bits per heavy atom. The molecule has 0 spiro atoms. The SMILES string of the molecule is COCCN1C(=O)S/C(=C/c2ccc(OCc3cccc(C)c3)c(OC)c2)C1=O. The molecule has 2 amide bonds. The molecule has 0 atom stereocenters. The zero-order valence-corrected chi connectivity index (χ0v) is 17.5. The van der Waals surface area contributed by atoms with E-state index in [4.69, 9.17) is 14.2 Å². The Morgan fingerprint density at radius 3 is 2.62 bits per heavy atom. The molecule has 2 aromatic carbocycles. The molecule has 3 rings (SSSR count). The molecule has 152 valence electrons. The van der Waals surface area contributed by atoms with E-state index in [-0.39, 0.29) is 17.7 Å². The Hall–Kier alpha value is -2.77. The first-order valence-corrected chi connectivity index (χ1v) is 9.94. The van der Waals surface area contributed by atoms with Gasteiger partial charge in [0.1, 0.15) is 6.61 Å². The third-order valence-corrected chi connectivity index (χ3v) is 5.26. The van der Waals surface area contributed by atoms with Crippen molar-refractivity contribution in [2.75, 3.05) is 27.4 Å². The maximum atomic E-state index is 12.4. The van der Waals surface area contributed by atoms with Crippen molar-refractivity contribution in [3.8, 4) is 11.5 Å². The van der Waals surface area contributed by atoms with Gasteiger partial charge in [-0.05, 0) is 48.0 Å². The average Bonchev–Trinajstić information content (AvgIpc) is 2.98. The number of carbonyl (C=O) groups excluding carboxylic acids is 2. The molecule has 7 heteroatoms. The van der Waals surface area contributed by atoms with Crippen LogP contribution in [0.4, 0.5) is 4.79 Å². The van der Waals surface area contributed by atoms with E-state index in [1.807, 2.05) is 31.2 Å². The molecule has 1 fully saturated rings. The molecule has 0 bridgehead atoms. The summed E-state index contributed by atoms with van der Waals surface area (Å²) in [6.45, 7) is 3.02. The number of aryl methyl sites for hydroxylation is 1. The van der Waals surface area contributed by atoms with Crippen molar-refractivity contribution in [2.24, 2.45) is 0 Å². The topological polar surface area (TPSA) is 65.1 Å². The van der Waals surface area contributed by atoms with Crippen LogP contribution in [0.15, 0.2) is 47.4 Å². The van der Waals surface area contributed by atoms with Crippen LogP contribution < -0.4 is 9.47 Å². The normalized spacial score (nSPS) is 15.3. The number of nitrogens with zero attached hydrogens (tertiary/aromatic N) is 1. The lowest BCUT2D eigenvalue weighted by Crippen LogP contribution is -2.31. The second-order valence-corrected chi connectivity index (χ2v) is 7.51. The van der Waals surface area contributed by atoms with Crippen LogP contribution >= 0.6 is 11.8 Å². The molecule has 1 aliphatic rings. The van der Waals surface area contributed by atoms with Crippen LogP contribution in [-0.4, -0.2) is 43.4 Å². The van der Waals surface area contributed by atoms with Crippen molar-refractivity contribution in [1.82, 2.24) is 4.90 Å². The molecule has 6 nitrogen and oxygen atoms in total. The summed E-state index contributed by atoms with van der Waals surface area (Å²) >= 11 is 0.925. The van der Waals surface area contributed by atoms with Crippen molar-refractivity contribution in [3.05, 3.63) is 64.1 Å². The van der Waals surface area contributed by atoms with E-state index < -0.39 is 0 Å². The van der Waals surface area contributed by atoms with Crippen molar-refractivity contribution in [2.45, 2.75) is 13.5 Å². The van der Waals surface area contributed by atoms with Gasteiger partial charge in [0, 0.05) is 7.11 Å². The van der Waals surface area contributed by atoms with E-state index in [0.29, 0.717) is 29.6 Å². The predicted octanol–water partition coefficient (Wildman–Crippen LogP) is 4.27. The van der Waals surface area contributed by atoms with Gasteiger partial charge in [0.25, 0.3) is 11.1 Å². The minimum atomic E-state index is -0.309. The molecular weight excluding hydrogens is 390 g/mol. The van der Waals surface area contributed by atoms with E-state index in [9.17, 15) is 9.59 Å². The largest absolute Gasteiger partial charge is 0.493 e. The van der Waals surface area contributed by atoms with Crippen LogP contribution in [-0.2, 0) is 16.1 Å². The van der Waals surface area contributed by atoms with Crippen LogP contribution in [0.1, 0.15) is 16.7 Å². The molecule has 1 aliphatic heterocycles. The lowest BCUT2D eigenvalue weighted by molar-refractivity contribution is -0.123. The number of thioether (sulfide) groups is 1. The first-order valence-electron chi connectivity index (χ1n) is 9.12. The van der Waals surface area contributed by atoms with Gasteiger partial charge in [-0.2, -0.15) is 0 Å². The summed E-state index contributed by atoms with van der Waals surface area (Å²) in [6, 6.07) is 13.5. The number of methoxy groups -OCH3 is 2. The second kappa shape index (κ2) is 9.62. The average molecular weight is 413 g/mol. The lowest BCUT2D eigenvalue weighted by Gasteiger charge is -2.12. The number of carbonyl (C=O) groups is 2. The summed E-state index contributed by atoms with van der Waals surface area (Å²) in [4.78, 5) is 26.0. The number of rotatable bonds is 8. The maximum Gasteiger partial charge on any atom is 0.293 e. The molecule has 1 heterocycles. The highest BCUT2D eigenvalue weighted by atomic mass is 32.2. The smallest absolute Gasteiger partial charge is 0.293 e. The van der Waals surface area contributed by atoms with Crippen LogP contribution in [0.3, 0.4) is 0 Å². The van der Waals surface area contributed by atoms with Crippen molar-refractivity contribution >= 4 is 29.0 Å². The summed E-state index contributed by atoms with van der Waals surface area (Å²) < 4.78 is 16.3.